The molecule has 2 aromatic carbocycles. The lowest BCUT2D eigenvalue weighted by Crippen LogP contribution is -2.60. The highest BCUT2D eigenvalue weighted by Gasteiger charge is 2.55. The molecule has 300 valence electrons. The zero-order chi connectivity index (χ0) is 40.0. The van der Waals surface area contributed by atoms with E-state index in [9.17, 15) is 23.7 Å². The minimum Gasteiger partial charge on any atom is -0.370 e. The number of nitrogens with zero attached hydrogens (tertiary/aromatic N) is 2. The van der Waals surface area contributed by atoms with Gasteiger partial charge in [0.2, 0.25) is 17.7 Å². The predicted octanol–water partition coefficient (Wildman–Crippen LogP) is 5.84. The Kier molecular flexibility index (Phi) is 13.3. The molecule has 0 aliphatic carbocycles. The highest BCUT2D eigenvalue weighted by atomic mass is 32.1. The van der Waals surface area contributed by atoms with Crippen LogP contribution in [-0.2, 0) is 40.1 Å². The molecule has 2 aliphatic heterocycles. The van der Waals surface area contributed by atoms with Crippen molar-refractivity contribution in [2.75, 3.05) is 26.3 Å². The second kappa shape index (κ2) is 18.0. The van der Waals surface area contributed by atoms with Gasteiger partial charge in [-0.2, -0.15) is 8.78 Å². The van der Waals surface area contributed by atoms with Crippen molar-refractivity contribution in [2.45, 2.75) is 82.2 Å². The van der Waals surface area contributed by atoms with Crippen molar-refractivity contribution < 1.29 is 41.6 Å². The van der Waals surface area contributed by atoms with Crippen molar-refractivity contribution in [3.8, 4) is 0 Å². The van der Waals surface area contributed by atoms with Crippen LogP contribution in [0.5, 0.6) is 0 Å². The SMILES string of the molecule is CCOP(=O)(OCC)C(F)(F)c1ccc2sc(C(=O)N[C@H]3CNCC[C@H]4CC[C@@H](C(=O)N[C@@H](CCC(N)=O)c5ncc(Cc6ccccc6)s5)N4C3=O)cc2c1. The van der Waals surface area contributed by atoms with Crippen molar-refractivity contribution in [1.82, 2.24) is 25.8 Å². The number of carbonyl (C=O) groups excluding carboxylic acids is 4. The van der Waals surface area contributed by atoms with E-state index in [0.29, 0.717) is 47.3 Å². The number of thiazole rings is 1. The minimum absolute atomic E-state index is 0.0249. The second-order valence-electron chi connectivity index (χ2n) is 13.6. The molecule has 2 fully saturated rings. The van der Waals surface area contributed by atoms with E-state index in [-0.39, 0.29) is 49.4 Å². The Morgan fingerprint density at radius 3 is 2.54 bits per heavy atom. The summed E-state index contributed by atoms with van der Waals surface area (Å²) in [6, 6.07) is 12.3. The van der Waals surface area contributed by atoms with E-state index in [1.165, 1.54) is 37.3 Å². The highest BCUT2D eigenvalue weighted by Crippen LogP contribution is 2.67. The summed E-state index contributed by atoms with van der Waals surface area (Å²) in [5.41, 5.74) is 2.07. The number of aromatic nitrogens is 1. The molecular formula is C38H45F2N6O7PS2. The summed E-state index contributed by atoms with van der Waals surface area (Å²) in [5, 5.41) is 10.0. The first-order valence-electron chi connectivity index (χ1n) is 18.6. The lowest BCUT2D eigenvalue weighted by Gasteiger charge is -2.35. The van der Waals surface area contributed by atoms with Gasteiger partial charge >= 0.3 is 13.3 Å². The maximum absolute atomic E-state index is 15.5. The van der Waals surface area contributed by atoms with Crippen molar-refractivity contribution in [1.29, 1.82) is 0 Å². The molecule has 0 unspecified atom stereocenters. The van der Waals surface area contributed by atoms with Gasteiger partial charge in [0.15, 0.2) is 0 Å². The van der Waals surface area contributed by atoms with E-state index in [1.54, 1.807) is 11.1 Å². The third-order valence-corrected chi connectivity index (χ3v) is 14.2. The number of carbonyl (C=O) groups is 4. The Morgan fingerprint density at radius 2 is 1.82 bits per heavy atom. The molecule has 0 bridgehead atoms. The van der Waals surface area contributed by atoms with Crippen molar-refractivity contribution >= 4 is 64.0 Å². The number of primary amides is 1. The van der Waals surface area contributed by atoms with Gasteiger partial charge in [-0.05, 0) is 75.2 Å². The molecule has 2 aromatic heterocycles. The van der Waals surface area contributed by atoms with Gasteiger partial charge in [-0.1, -0.05) is 36.4 Å². The summed E-state index contributed by atoms with van der Waals surface area (Å²) >= 11 is 2.49. The number of fused-ring (bicyclic) bond motifs is 2. The standard InChI is InChI=1S/C38H45F2N6O7PS2/c1-3-52-54(51,53-4-2)38(39,40)25-10-14-31-24(19-25)20-32(56-31)35(49)45-29-22-42-17-16-26-11-13-30(46(26)37(29)50)34(48)44-28(12-15-33(41)47)36-43-21-27(55-36)18-23-8-6-5-7-9-23/h5-10,14,19-21,26,28-30,42H,3-4,11-13,15-18,22H2,1-2H3,(H2,41,47)(H,44,48)(H,45,49)/t26-,28+,29+,30+/m1/s1. The first kappa shape index (κ1) is 41.5. The number of hydrogen-bond donors (Lipinski definition) is 4. The smallest absolute Gasteiger partial charge is 0.370 e. The molecule has 6 rings (SSSR count). The number of halogens is 2. The van der Waals surface area contributed by atoms with Gasteiger partial charge in [-0.15, -0.1) is 22.7 Å². The maximum Gasteiger partial charge on any atom is 0.404 e. The van der Waals surface area contributed by atoms with Gasteiger partial charge in [0.05, 0.1) is 24.1 Å². The number of rotatable bonds is 16. The number of benzene rings is 2. The summed E-state index contributed by atoms with van der Waals surface area (Å²) in [6.45, 7) is 3.07. The first-order chi connectivity index (χ1) is 26.8. The zero-order valence-corrected chi connectivity index (χ0v) is 33.5. The fourth-order valence-corrected chi connectivity index (χ4v) is 10.6. The molecule has 5 N–H and O–H groups in total. The van der Waals surface area contributed by atoms with Crippen LogP contribution in [0.4, 0.5) is 8.78 Å². The fraction of sp³-hybridized carbons (Fsp3) is 0.447. The monoisotopic (exact) mass is 830 g/mol. The predicted molar refractivity (Wildman–Crippen MR) is 210 cm³/mol. The summed E-state index contributed by atoms with van der Waals surface area (Å²) < 4.78 is 54.4. The average molecular weight is 831 g/mol. The van der Waals surface area contributed by atoms with E-state index in [1.807, 2.05) is 30.3 Å². The van der Waals surface area contributed by atoms with Crippen molar-refractivity contribution in [3.05, 3.63) is 86.7 Å². The van der Waals surface area contributed by atoms with Crippen LogP contribution in [0.2, 0.25) is 0 Å². The molecule has 2 aliphatic rings. The Hall–Kier alpha value is -4.12. The molecule has 56 heavy (non-hydrogen) atoms. The molecule has 4 aromatic rings. The van der Waals surface area contributed by atoms with Crippen LogP contribution in [0.3, 0.4) is 0 Å². The van der Waals surface area contributed by atoms with Crippen LogP contribution in [0.15, 0.2) is 60.8 Å². The molecule has 18 heteroatoms. The quantitative estimate of drug-likeness (QED) is 0.101. The number of hydrogen-bond acceptors (Lipinski definition) is 11. The molecule has 4 heterocycles. The summed E-state index contributed by atoms with van der Waals surface area (Å²) in [7, 11) is -4.85. The molecule has 0 radical (unpaired) electrons. The number of thiophene rings is 1. The van der Waals surface area contributed by atoms with Crippen LogP contribution in [0.1, 0.15) is 82.7 Å². The Bertz CT molecular complexity index is 2090. The van der Waals surface area contributed by atoms with Crippen molar-refractivity contribution in [2.24, 2.45) is 5.73 Å². The molecule has 0 saturated carbocycles. The molecule has 0 spiro atoms. The number of amides is 4. The molecule has 13 nitrogen and oxygen atoms in total. The largest absolute Gasteiger partial charge is 0.404 e. The number of nitrogens with one attached hydrogen (secondary N) is 3. The van der Waals surface area contributed by atoms with Gasteiger partial charge in [-0.25, -0.2) is 4.98 Å². The minimum atomic E-state index is -4.85. The Labute approximate surface area is 331 Å². The molecule has 2 saturated heterocycles. The van der Waals surface area contributed by atoms with Gasteiger partial charge in [0.25, 0.3) is 5.91 Å². The lowest BCUT2D eigenvalue weighted by molar-refractivity contribution is -0.142. The summed E-state index contributed by atoms with van der Waals surface area (Å²) in [6.07, 6.45) is 4.28. The van der Waals surface area contributed by atoms with E-state index >= 15 is 8.78 Å². The lowest BCUT2D eigenvalue weighted by atomic mass is 10.1. The summed E-state index contributed by atoms with van der Waals surface area (Å²) in [4.78, 5) is 61.0. The van der Waals surface area contributed by atoms with E-state index in [4.69, 9.17) is 14.8 Å². The van der Waals surface area contributed by atoms with Crippen LogP contribution in [-0.4, -0.2) is 77.9 Å². The van der Waals surface area contributed by atoms with E-state index in [2.05, 4.69) is 20.9 Å². The summed E-state index contributed by atoms with van der Waals surface area (Å²) in [5.74, 6) is -1.91. The molecule has 4 atom stereocenters. The van der Waals surface area contributed by atoms with Crippen LogP contribution < -0.4 is 21.7 Å². The van der Waals surface area contributed by atoms with Gasteiger partial charge in [0.1, 0.15) is 17.1 Å². The Balaban J connectivity index is 1.17. The van der Waals surface area contributed by atoms with Crippen LogP contribution >= 0.6 is 30.3 Å². The second-order valence-corrected chi connectivity index (χ2v) is 17.9. The third kappa shape index (κ3) is 9.19. The van der Waals surface area contributed by atoms with Crippen LogP contribution in [0.25, 0.3) is 10.1 Å². The van der Waals surface area contributed by atoms with Crippen molar-refractivity contribution in [3.63, 3.8) is 0 Å². The molecular weight excluding hydrogens is 786 g/mol. The number of alkyl halides is 2. The van der Waals surface area contributed by atoms with Gasteiger partial charge in [0, 0.05) is 46.8 Å². The average Bonchev–Trinajstić information content (AvgIpc) is 3.92. The zero-order valence-electron chi connectivity index (χ0n) is 31.0. The topological polar surface area (TPSA) is 182 Å². The van der Waals surface area contributed by atoms with Gasteiger partial charge in [-0.3, -0.25) is 23.7 Å². The van der Waals surface area contributed by atoms with Crippen LogP contribution in [0, 0.1) is 0 Å². The first-order valence-corrected chi connectivity index (χ1v) is 21.7. The fourth-order valence-electron chi connectivity index (χ4n) is 7.10. The molecule has 4 amide bonds. The maximum atomic E-state index is 15.5. The third-order valence-electron chi connectivity index (χ3n) is 9.78. The normalized spacial score (nSPS) is 19.6. The van der Waals surface area contributed by atoms with Gasteiger partial charge < -0.3 is 35.6 Å². The Morgan fingerprint density at radius 1 is 1.07 bits per heavy atom. The highest BCUT2D eigenvalue weighted by molar-refractivity contribution is 7.54. The van der Waals surface area contributed by atoms with E-state index in [0.717, 1.165) is 33.9 Å². The number of nitrogens with two attached hydrogens (primary N) is 1. The van der Waals surface area contributed by atoms with E-state index < -0.39 is 54.7 Å².